The van der Waals surface area contributed by atoms with Crippen LogP contribution in [0.5, 0.6) is 0 Å². The number of rotatable bonds is 5. The van der Waals surface area contributed by atoms with Crippen LogP contribution in [-0.4, -0.2) is 20.7 Å². The average molecular weight is 418 g/mol. The van der Waals surface area contributed by atoms with E-state index in [1.54, 1.807) is 31.2 Å². The van der Waals surface area contributed by atoms with Crippen LogP contribution in [0.3, 0.4) is 0 Å². The van der Waals surface area contributed by atoms with Gasteiger partial charge in [0.2, 0.25) is 5.13 Å². The van der Waals surface area contributed by atoms with Gasteiger partial charge in [0.05, 0.1) is 22.6 Å². The number of H-pyrrole nitrogens is 1. The summed E-state index contributed by atoms with van der Waals surface area (Å²) in [6.45, 7) is 3.75. The molecule has 2 aromatic heterocycles. The number of benzene rings is 2. The molecule has 0 saturated heterocycles. The average Bonchev–Trinajstić information content (AvgIpc) is 3.32. The van der Waals surface area contributed by atoms with Gasteiger partial charge in [0.1, 0.15) is 0 Å². The summed E-state index contributed by atoms with van der Waals surface area (Å²) in [4.78, 5) is 29.0. The van der Waals surface area contributed by atoms with Gasteiger partial charge in [-0.05, 0) is 26.0 Å². The van der Waals surface area contributed by atoms with Crippen molar-refractivity contribution in [3.05, 3.63) is 81.1 Å². The van der Waals surface area contributed by atoms with Gasteiger partial charge in [-0.2, -0.15) is 4.68 Å². The van der Waals surface area contributed by atoms with Crippen molar-refractivity contribution in [3.8, 4) is 16.4 Å². The maximum Gasteiger partial charge on any atom is 0.301 e. The Bertz CT molecular complexity index is 1310. The predicted molar refractivity (Wildman–Crippen MR) is 116 cm³/mol. The van der Waals surface area contributed by atoms with Gasteiger partial charge in [0, 0.05) is 10.9 Å². The number of thiazole rings is 1. The topological polar surface area (TPSA) is 118 Å². The van der Waals surface area contributed by atoms with Crippen molar-refractivity contribution in [3.63, 3.8) is 0 Å². The fourth-order valence-electron chi connectivity index (χ4n) is 2.89. The Labute approximate surface area is 175 Å². The summed E-state index contributed by atoms with van der Waals surface area (Å²) in [6, 6.07) is 14.6. The van der Waals surface area contributed by atoms with Crippen molar-refractivity contribution in [1.29, 1.82) is 0 Å². The molecule has 1 amide bonds. The number of aromatic nitrogens is 3. The molecule has 4 rings (SSSR count). The highest BCUT2D eigenvalue weighted by atomic mass is 32.1. The van der Waals surface area contributed by atoms with Gasteiger partial charge in [0.15, 0.2) is 5.69 Å². The second-order valence-electron chi connectivity index (χ2n) is 6.69. The maximum absolute atomic E-state index is 12.9. The lowest BCUT2D eigenvalue weighted by molar-refractivity contribution is 0.100. The number of amides is 1. The smallest absolute Gasteiger partial charge is 0.301 e. The Balaban J connectivity index is 1.68. The number of azo groups is 1. The molecule has 8 nitrogen and oxygen atoms in total. The molecule has 0 aliphatic heterocycles. The molecule has 150 valence electrons. The summed E-state index contributed by atoms with van der Waals surface area (Å²) < 4.78 is 1.34. The van der Waals surface area contributed by atoms with Crippen LogP contribution in [0.25, 0.3) is 16.4 Å². The van der Waals surface area contributed by atoms with E-state index in [0.29, 0.717) is 16.5 Å². The number of nitrogens with zero attached hydrogens (tertiary/aromatic N) is 4. The lowest BCUT2D eigenvalue weighted by atomic mass is 10.1. The monoisotopic (exact) mass is 418 g/mol. The van der Waals surface area contributed by atoms with Crippen LogP contribution in [0.2, 0.25) is 0 Å². The third-order valence-corrected chi connectivity index (χ3v) is 5.32. The molecule has 0 saturated carbocycles. The molecule has 3 N–H and O–H groups in total. The molecule has 4 aromatic rings. The number of carbonyl (C=O) groups excluding carboxylic acids is 1. The SMILES string of the molecule is Cc1ccc(-c2csc(-n3[nH]c(C)c(N=Nc4ccccc4C(N)=O)c3=O)n2)cc1. The summed E-state index contributed by atoms with van der Waals surface area (Å²) in [6.07, 6.45) is 0. The van der Waals surface area contributed by atoms with E-state index in [4.69, 9.17) is 5.73 Å². The van der Waals surface area contributed by atoms with Crippen LogP contribution < -0.4 is 11.3 Å². The highest BCUT2D eigenvalue weighted by Crippen LogP contribution is 2.25. The zero-order chi connectivity index (χ0) is 21.3. The van der Waals surface area contributed by atoms with Crippen LogP contribution in [-0.2, 0) is 0 Å². The highest BCUT2D eigenvalue weighted by molar-refractivity contribution is 7.12. The lowest BCUT2D eigenvalue weighted by Crippen LogP contribution is -2.13. The third kappa shape index (κ3) is 3.70. The molecule has 0 radical (unpaired) electrons. The van der Waals surface area contributed by atoms with E-state index in [1.807, 2.05) is 36.6 Å². The second kappa shape index (κ2) is 7.88. The van der Waals surface area contributed by atoms with Crippen LogP contribution in [0.15, 0.2) is 68.9 Å². The lowest BCUT2D eigenvalue weighted by Gasteiger charge is -1.98. The van der Waals surface area contributed by atoms with Crippen molar-refractivity contribution < 1.29 is 4.79 Å². The Morgan fingerprint density at radius 1 is 1.10 bits per heavy atom. The summed E-state index contributed by atoms with van der Waals surface area (Å²) in [5.74, 6) is -0.612. The standard InChI is InChI=1S/C21H18N6O2S/c1-12-7-9-14(10-8-12)17-11-30-21(23-17)27-20(29)18(13(2)26-27)25-24-16-6-4-3-5-15(16)19(22)28/h3-11,26H,1-2H3,(H2,22,28). The number of aryl methyl sites for hydroxylation is 2. The predicted octanol–water partition coefficient (Wildman–Crippen LogP) is 4.42. The van der Waals surface area contributed by atoms with E-state index in [2.05, 4.69) is 20.3 Å². The van der Waals surface area contributed by atoms with E-state index < -0.39 is 5.91 Å². The molecular weight excluding hydrogens is 400 g/mol. The number of nitrogens with two attached hydrogens (primary N) is 1. The van der Waals surface area contributed by atoms with Gasteiger partial charge in [-0.1, -0.05) is 42.0 Å². The van der Waals surface area contributed by atoms with Crippen molar-refractivity contribution in [2.45, 2.75) is 13.8 Å². The molecular formula is C21H18N6O2S. The van der Waals surface area contributed by atoms with Crippen molar-refractivity contribution in [1.82, 2.24) is 14.8 Å². The van der Waals surface area contributed by atoms with Crippen LogP contribution in [0.1, 0.15) is 21.6 Å². The minimum atomic E-state index is -0.612. The van der Waals surface area contributed by atoms with Crippen LogP contribution in [0, 0.1) is 13.8 Å². The minimum Gasteiger partial charge on any atom is -0.366 e. The molecule has 0 atom stereocenters. The molecule has 0 bridgehead atoms. The van der Waals surface area contributed by atoms with Crippen molar-refractivity contribution in [2.75, 3.05) is 0 Å². The van der Waals surface area contributed by atoms with Gasteiger partial charge in [-0.15, -0.1) is 21.6 Å². The van der Waals surface area contributed by atoms with Crippen molar-refractivity contribution in [2.24, 2.45) is 16.0 Å². The molecule has 30 heavy (non-hydrogen) atoms. The van der Waals surface area contributed by atoms with Gasteiger partial charge in [0.25, 0.3) is 5.91 Å². The first kappa shape index (κ1) is 19.5. The summed E-state index contributed by atoms with van der Waals surface area (Å²) in [7, 11) is 0. The Morgan fingerprint density at radius 3 is 2.57 bits per heavy atom. The van der Waals surface area contributed by atoms with Gasteiger partial charge < -0.3 is 5.73 Å². The van der Waals surface area contributed by atoms with E-state index in [-0.39, 0.29) is 16.8 Å². The van der Waals surface area contributed by atoms with E-state index in [9.17, 15) is 9.59 Å². The maximum atomic E-state index is 12.9. The van der Waals surface area contributed by atoms with Gasteiger partial charge in [-0.3, -0.25) is 14.7 Å². The van der Waals surface area contributed by atoms with Gasteiger partial charge >= 0.3 is 5.56 Å². The fourth-order valence-corrected chi connectivity index (χ4v) is 3.68. The molecule has 9 heteroatoms. The third-order valence-electron chi connectivity index (χ3n) is 4.50. The summed E-state index contributed by atoms with van der Waals surface area (Å²) in [5, 5.41) is 13.5. The van der Waals surface area contributed by atoms with Crippen LogP contribution >= 0.6 is 11.3 Å². The number of hydrogen-bond donors (Lipinski definition) is 2. The van der Waals surface area contributed by atoms with E-state index in [1.165, 1.54) is 21.6 Å². The van der Waals surface area contributed by atoms with Gasteiger partial charge in [-0.25, -0.2) is 4.98 Å². The first-order valence-corrected chi connectivity index (χ1v) is 9.97. The zero-order valence-corrected chi connectivity index (χ0v) is 17.1. The molecule has 0 spiro atoms. The molecule has 2 aromatic carbocycles. The first-order chi connectivity index (χ1) is 14.4. The molecule has 2 heterocycles. The number of carbonyl (C=O) groups is 1. The largest absolute Gasteiger partial charge is 0.366 e. The molecule has 0 fully saturated rings. The highest BCUT2D eigenvalue weighted by Gasteiger charge is 2.16. The molecule has 0 aliphatic rings. The minimum absolute atomic E-state index is 0.140. The number of aromatic amines is 1. The molecule has 0 aliphatic carbocycles. The Morgan fingerprint density at radius 2 is 1.83 bits per heavy atom. The second-order valence-corrected chi connectivity index (χ2v) is 7.53. The van der Waals surface area contributed by atoms with E-state index in [0.717, 1.165) is 11.3 Å². The quantitative estimate of drug-likeness (QED) is 0.467. The summed E-state index contributed by atoms with van der Waals surface area (Å²) >= 11 is 1.35. The summed E-state index contributed by atoms with van der Waals surface area (Å²) in [5.41, 5.74) is 9.12. The zero-order valence-electron chi connectivity index (χ0n) is 16.3. The number of hydrogen-bond acceptors (Lipinski definition) is 6. The number of primary amides is 1. The normalized spacial score (nSPS) is 11.3. The fraction of sp³-hybridized carbons (Fsp3) is 0.0952. The Kier molecular flexibility index (Phi) is 5.11. The number of nitrogens with one attached hydrogen (secondary N) is 1. The van der Waals surface area contributed by atoms with Crippen LogP contribution in [0.4, 0.5) is 11.4 Å². The Hall–Kier alpha value is -3.85. The van der Waals surface area contributed by atoms with E-state index >= 15 is 0 Å². The molecule has 0 unspecified atom stereocenters. The van der Waals surface area contributed by atoms with Crippen molar-refractivity contribution >= 4 is 28.6 Å². The first-order valence-electron chi connectivity index (χ1n) is 9.09.